The number of hydrogen-bond acceptors (Lipinski definition) is 4. The smallest absolute Gasteiger partial charge is 0.305 e. The Hall–Kier alpha value is -0.610. The molecule has 0 aliphatic rings. The van der Waals surface area contributed by atoms with E-state index in [9.17, 15) is 4.79 Å². The lowest BCUT2D eigenvalue weighted by atomic mass is 10.0. The minimum atomic E-state index is -0.569. The van der Waals surface area contributed by atoms with Crippen LogP contribution in [-0.4, -0.2) is 35.5 Å². The topological polar surface area (TPSA) is 66.8 Å². The van der Waals surface area contributed by atoms with Crippen LogP contribution in [-0.2, 0) is 9.53 Å². The van der Waals surface area contributed by atoms with E-state index < -0.39 is 6.10 Å². The summed E-state index contributed by atoms with van der Waals surface area (Å²) < 4.78 is 4.93. The van der Waals surface area contributed by atoms with Gasteiger partial charge in [-0.3, -0.25) is 4.79 Å². The zero-order chi connectivity index (χ0) is 18.6. The molecular formula is C21H42O4. The van der Waals surface area contributed by atoms with Gasteiger partial charge >= 0.3 is 5.97 Å². The van der Waals surface area contributed by atoms with Crippen molar-refractivity contribution < 1.29 is 19.7 Å². The molecule has 0 heterocycles. The van der Waals surface area contributed by atoms with E-state index in [4.69, 9.17) is 14.9 Å². The van der Waals surface area contributed by atoms with Crippen LogP contribution in [0, 0.1) is 0 Å². The zero-order valence-electron chi connectivity index (χ0n) is 16.5. The highest BCUT2D eigenvalue weighted by atomic mass is 16.5. The van der Waals surface area contributed by atoms with Gasteiger partial charge in [-0.25, -0.2) is 0 Å². The largest absolute Gasteiger partial charge is 0.463 e. The molecule has 0 rings (SSSR count). The first kappa shape index (κ1) is 24.4. The van der Waals surface area contributed by atoms with Gasteiger partial charge in [-0.15, -0.1) is 0 Å². The second-order valence-corrected chi connectivity index (χ2v) is 7.31. The fourth-order valence-electron chi connectivity index (χ4n) is 2.96. The molecule has 4 heteroatoms. The van der Waals surface area contributed by atoms with Gasteiger partial charge in [0.25, 0.3) is 0 Å². The molecule has 25 heavy (non-hydrogen) atoms. The van der Waals surface area contributed by atoms with Crippen molar-refractivity contribution in [2.24, 2.45) is 0 Å². The van der Waals surface area contributed by atoms with E-state index in [-0.39, 0.29) is 12.6 Å². The predicted molar refractivity (Wildman–Crippen MR) is 104 cm³/mol. The highest BCUT2D eigenvalue weighted by molar-refractivity contribution is 5.69. The molecule has 0 aromatic rings. The van der Waals surface area contributed by atoms with Crippen LogP contribution < -0.4 is 0 Å². The minimum absolute atomic E-state index is 0.114. The molecule has 0 saturated heterocycles. The summed E-state index contributed by atoms with van der Waals surface area (Å²) in [6.07, 6.45) is 18.6. The molecule has 0 bridgehead atoms. The number of carbonyl (C=O) groups excluding carboxylic acids is 1. The van der Waals surface area contributed by atoms with E-state index in [0.717, 1.165) is 19.3 Å². The maximum atomic E-state index is 11.4. The van der Waals surface area contributed by atoms with Crippen molar-refractivity contribution in [1.82, 2.24) is 0 Å². The van der Waals surface area contributed by atoms with Crippen molar-refractivity contribution in [2.75, 3.05) is 13.2 Å². The Bertz CT molecular complexity index is 279. The van der Waals surface area contributed by atoms with E-state index in [0.29, 0.717) is 13.0 Å². The van der Waals surface area contributed by atoms with E-state index in [1.807, 2.05) is 0 Å². The summed E-state index contributed by atoms with van der Waals surface area (Å²) in [5.41, 5.74) is 0. The molecule has 0 fully saturated rings. The summed E-state index contributed by atoms with van der Waals surface area (Å²) in [6.45, 7) is 2.08. The van der Waals surface area contributed by atoms with Crippen molar-refractivity contribution in [3.05, 3.63) is 0 Å². The monoisotopic (exact) mass is 358 g/mol. The highest BCUT2D eigenvalue weighted by Crippen LogP contribution is 2.13. The second-order valence-electron chi connectivity index (χ2n) is 7.31. The quantitative estimate of drug-likeness (QED) is 0.248. The van der Waals surface area contributed by atoms with E-state index in [2.05, 4.69) is 0 Å². The van der Waals surface area contributed by atoms with Crippen LogP contribution in [0.4, 0.5) is 0 Å². The number of aliphatic hydroxyl groups is 2. The lowest BCUT2D eigenvalue weighted by Gasteiger charge is -2.06. The molecule has 0 aliphatic heterocycles. The Morgan fingerprint density at radius 1 is 0.720 bits per heavy atom. The number of aliphatic hydroxyl groups excluding tert-OH is 2. The normalized spacial score (nSPS) is 12.3. The van der Waals surface area contributed by atoms with Crippen LogP contribution in [0.3, 0.4) is 0 Å². The van der Waals surface area contributed by atoms with E-state index in [1.54, 1.807) is 6.92 Å². The molecular weight excluding hydrogens is 316 g/mol. The number of esters is 1. The number of ether oxygens (including phenoxy) is 1. The molecule has 0 spiro atoms. The third-order valence-electron chi connectivity index (χ3n) is 4.52. The molecule has 1 atom stereocenters. The molecule has 150 valence electrons. The lowest BCUT2D eigenvalue weighted by Crippen LogP contribution is -2.14. The Morgan fingerprint density at radius 2 is 1.08 bits per heavy atom. The molecule has 2 N–H and O–H groups in total. The van der Waals surface area contributed by atoms with Crippen LogP contribution in [0.5, 0.6) is 0 Å². The summed E-state index contributed by atoms with van der Waals surface area (Å²) in [7, 11) is 0. The van der Waals surface area contributed by atoms with Crippen LogP contribution in [0.1, 0.15) is 110 Å². The van der Waals surface area contributed by atoms with Gasteiger partial charge in [0.15, 0.2) is 0 Å². The Morgan fingerprint density at radius 3 is 1.44 bits per heavy atom. The van der Waals surface area contributed by atoms with Gasteiger partial charge in [-0.1, -0.05) is 83.5 Å². The molecule has 4 nitrogen and oxygen atoms in total. The van der Waals surface area contributed by atoms with Gasteiger partial charge < -0.3 is 14.9 Å². The Balaban J connectivity index is 3.08. The van der Waals surface area contributed by atoms with Gasteiger partial charge in [0.05, 0.1) is 6.10 Å². The van der Waals surface area contributed by atoms with Crippen LogP contribution in [0.2, 0.25) is 0 Å². The van der Waals surface area contributed by atoms with Gasteiger partial charge in [0, 0.05) is 13.0 Å². The zero-order valence-corrected chi connectivity index (χ0v) is 16.5. The van der Waals surface area contributed by atoms with E-state index >= 15 is 0 Å². The minimum Gasteiger partial charge on any atom is -0.463 e. The average molecular weight is 359 g/mol. The SMILES string of the molecule is CC(O)COC(=O)CCCCCCCCCCCCCCCCCO. The maximum absolute atomic E-state index is 11.4. The van der Waals surface area contributed by atoms with Crippen molar-refractivity contribution in [3.8, 4) is 0 Å². The molecule has 0 radical (unpaired) electrons. The molecule has 0 aromatic carbocycles. The fourth-order valence-corrected chi connectivity index (χ4v) is 2.96. The first-order valence-electron chi connectivity index (χ1n) is 10.6. The van der Waals surface area contributed by atoms with Crippen molar-refractivity contribution in [2.45, 2.75) is 116 Å². The van der Waals surface area contributed by atoms with E-state index in [1.165, 1.54) is 77.0 Å². The summed E-state index contributed by atoms with van der Waals surface area (Å²) >= 11 is 0. The number of unbranched alkanes of at least 4 members (excludes halogenated alkanes) is 14. The van der Waals surface area contributed by atoms with Gasteiger partial charge in [-0.2, -0.15) is 0 Å². The van der Waals surface area contributed by atoms with Crippen molar-refractivity contribution >= 4 is 5.97 Å². The maximum Gasteiger partial charge on any atom is 0.305 e. The van der Waals surface area contributed by atoms with Gasteiger partial charge in [0.2, 0.25) is 0 Å². The highest BCUT2D eigenvalue weighted by Gasteiger charge is 2.04. The van der Waals surface area contributed by atoms with Crippen molar-refractivity contribution in [1.29, 1.82) is 0 Å². The molecule has 0 saturated carbocycles. The second kappa shape index (κ2) is 19.7. The van der Waals surface area contributed by atoms with Gasteiger partial charge in [-0.05, 0) is 19.8 Å². The summed E-state index contributed by atoms with van der Waals surface area (Å²) in [6, 6.07) is 0. The third-order valence-corrected chi connectivity index (χ3v) is 4.52. The van der Waals surface area contributed by atoms with Crippen LogP contribution >= 0.6 is 0 Å². The molecule has 1 unspecified atom stereocenters. The standard InChI is InChI=1S/C21H42O4/c1-20(23)19-25-21(24)17-15-13-11-9-7-5-3-2-4-6-8-10-12-14-16-18-22/h20,22-23H,2-19H2,1H3. The molecule has 0 amide bonds. The summed E-state index contributed by atoms with van der Waals surface area (Å²) in [5, 5.41) is 17.7. The summed E-state index contributed by atoms with van der Waals surface area (Å²) in [5.74, 6) is -0.186. The predicted octanol–water partition coefficient (Wildman–Crippen LogP) is 5.14. The van der Waals surface area contributed by atoms with Crippen molar-refractivity contribution in [3.63, 3.8) is 0 Å². The fraction of sp³-hybridized carbons (Fsp3) is 0.952. The average Bonchev–Trinajstić information content (AvgIpc) is 2.59. The molecule has 0 aromatic heterocycles. The number of rotatable bonds is 19. The number of hydrogen-bond donors (Lipinski definition) is 2. The first-order chi connectivity index (χ1) is 12.2. The molecule has 0 aliphatic carbocycles. The third kappa shape index (κ3) is 21.3. The van der Waals surface area contributed by atoms with Crippen LogP contribution in [0.15, 0.2) is 0 Å². The van der Waals surface area contributed by atoms with Crippen LogP contribution in [0.25, 0.3) is 0 Å². The lowest BCUT2D eigenvalue weighted by molar-refractivity contribution is -0.146. The first-order valence-corrected chi connectivity index (χ1v) is 10.6. The Labute approximate surface area is 155 Å². The Kier molecular flexibility index (Phi) is 19.2. The summed E-state index contributed by atoms with van der Waals surface area (Å²) in [4.78, 5) is 11.4. The van der Waals surface area contributed by atoms with Gasteiger partial charge in [0.1, 0.15) is 6.61 Å². The number of carbonyl (C=O) groups is 1.